The van der Waals surface area contributed by atoms with Crippen molar-refractivity contribution in [3.8, 4) is 11.5 Å². The molecule has 0 spiro atoms. The molecule has 21 heavy (non-hydrogen) atoms. The standard InChI is InChI=1S/C17H16O4/c1-20-15-10-9-13(16(11-15)21-2)6-3-12-4-7-14(8-5-12)17(18)19/h3-11H,1-2H3,(H,18,19)/b6-3+. The van der Waals surface area contributed by atoms with Crippen LogP contribution in [0.2, 0.25) is 0 Å². The van der Waals surface area contributed by atoms with Crippen molar-refractivity contribution < 1.29 is 19.4 Å². The van der Waals surface area contributed by atoms with Gasteiger partial charge in [0.2, 0.25) is 0 Å². The second kappa shape index (κ2) is 6.61. The van der Waals surface area contributed by atoms with Crippen LogP contribution in [-0.2, 0) is 0 Å². The molecule has 0 aromatic heterocycles. The first-order valence-electron chi connectivity index (χ1n) is 6.37. The summed E-state index contributed by atoms with van der Waals surface area (Å²) >= 11 is 0. The number of ether oxygens (including phenoxy) is 2. The zero-order valence-corrected chi connectivity index (χ0v) is 11.9. The van der Waals surface area contributed by atoms with Crippen LogP contribution < -0.4 is 9.47 Å². The Balaban J connectivity index is 2.22. The van der Waals surface area contributed by atoms with E-state index < -0.39 is 5.97 Å². The first-order chi connectivity index (χ1) is 10.1. The maximum atomic E-state index is 10.8. The number of carbonyl (C=O) groups is 1. The summed E-state index contributed by atoms with van der Waals surface area (Å²) in [5.74, 6) is 0.518. The quantitative estimate of drug-likeness (QED) is 0.853. The lowest BCUT2D eigenvalue weighted by Gasteiger charge is -2.07. The van der Waals surface area contributed by atoms with Gasteiger partial charge in [-0.05, 0) is 29.8 Å². The van der Waals surface area contributed by atoms with Crippen molar-refractivity contribution >= 4 is 18.1 Å². The minimum Gasteiger partial charge on any atom is -0.497 e. The highest BCUT2D eigenvalue weighted by Gasteiger charge is 2.03. The Morgan fingerprint density at radius 3 is 2.29 bits per heavy atom. The predicted octanol–water partition coefficient (Wildman–Crippen LogP) is 3.57. The fraction of sp³-hybridized carbons (Fsp3) is 0.118. The van der Waals surface area contributed by atoms with Gasteiger partial charge in [-0.25, -0.2) is 4.79 Å². The van der Waals surface area contributed by atoms with Gasteiger partial charge in [0.25, 0.3) is 0 Å². The number of rotatable bonds is 5. The summed E-state index contributed by atoms with van der Waals surface area (Å²) in [6.45, 7) is 0. The van der Waals surface area contributed by atoms with E-state index in [1.807, 2.05) is 30.4 Å². The maximum Gasteiger partial charge on any atom is 0.335 e. The molecular weight excluding hydrogens is 268 g/mol. The average Bonchev–Trinajstić information content (AvgIpc) is 2.53. The molecule has 0 aliphatic heterocycles. The number of benzene rings is 2. The maximum absolute atomic E-state index is 10.8. The Hall–Kier alpha value is -2.75. The van der Waals surface area contributed by atoms with Gasteiger partial charge in [0.1, 0.15) is 11.5 Å². The zero-order valence-electron chi connectivity index (χ0n) is 11.9. The molecule has 0 unspecified atom stereocenters. The van der Waals surface area contributed by atoms with Gasteiger partial charge < -0.3 is 14.6 Å². The average molecular weight is 284 g/mol. The largest absolute Gasteiger partial charge is 0.497 e. The molecule has 0 saturated carbocycles. The van der Waals surface area contributed by atoms with E-state index in [1.54, 1.807) is 38.5 Å². The van der Waals surface area contributed by atoms with E-state index >= 15 is 0 Å². The summed E-state index contributed by atoms with van der Waals surface area (Å²) in [4.78, 5) is 10.8. The van der Waals surface area contributed by atoms with Gasteiger partial charge >= 0.3 is 5.97 Å². The van der Waals surface area contributed by atoms with Crippen molar-refractivity contribution in [2.45, 2.75) is 0 Å². The van der Waals surface area contributed by atoms with Gasteiger partial charge in [-0.15, -0.1) is 0 Å². The summed E-state index contributed by atoms with van der Waals surface area (Å²) in [6, 6.07) is 12.2. The Bertz CT molecular complexity index is 657. The zero-order chi connectivity index (χ0) is 15.2. The summed E-state index contributed by atoms with van der Waals surface area (Å²) < 4.78 is 10.5. The number of hydrogen-bond donors (Lipinski definition) is 1. The third-order valence-electron chi connectivity index (χ3n) is 3.05. The molecular formula is C17H16O4. The minimum absolute atomic E-state index is 0.272. The lowest BCUT2D eigenvalue weighted by molar-refractivity contribution is 0.0697. The normalized spacial score (nSPS) is 10.6. The Morgan fingerprint density at radius 1 is 1.00 bits per heavy atom. The van der Waals surface area contributed by atoms with Gasteiger partial charge in [-0.3, -0.25) is 0 Å². The third-order valence-corrected chi connectivity index (χ3v) is 3.05. The molecule has 0 atom stereocenters. The number of carboxylic acids is 1. The van der Waals surface area contributed by atoms with Crippen molar-refractivity contribution in [3.63, 3.8) is 0 Å². The molecule has 2 aromatic rings. The van der Waals surface area contributed by atoms with Crippen LogP contribution in [0.15, 0.2) is 42.5 Å². The van der Waals surface area contributed by atoms with Crippen LogP contribution in [0.4, 0.5) is 0 Å². The van der Waals surface area contributed by atoms with E-state index in [0.29, 0.717) is 5.75 Å². The van der Waals surface area contributed by atoms with E-state index in [2.05, 4.69) is 0 Å². The summed E-state index contributed by atoms with van der Waals surface area (Å²) in [5, 5.41) is 8.85. The highest BCUT2D eigenvalue weighted by atomic mass is 16.5. The van der Waals surface area contributed by atoms with Gasteiger partial charge in [-0.1, -0.05) is 24.3 Å². The molecule has 2 aromatic carbocycles. The Morgan fingerprint density at radius 2 is 1.71 bits per heavy atom. The lowest BCUT2D eigenvalue weighted by atomic mass is 10.1. The molecule has 0 aliphatic rings. The van der Waals surface area contributed by atoms with Crippen LogP contribution in [0.25, 0.3) is 12.2 Å². The van der Waals surface area contributed by atoms with Crippen LogP contribution in [-0.4, -0.2) is 25.3 Å². The molecule has 2 rings (SSSR count). The SMILES string of the molecule is COc1ccc(/C=C/c2ccc(C(=O)O)cc2)c(OC)c1. The van der Waals surface area contributed by atoms with Crippen LogP contribution >= 0.6 is 0 Å². The van der Waals surface area contributed by atoms with E-state index in [0.717, 1.165) is 16.9 Å². The molecule has 4 nitrogen and oxygen atoms in total. The molecule has 4 heteroatoms. The van der Waals surface area contributed by atoms with E-state index in [9.17, 15) is 4.79 Å². The molecule has 0 bridgehead atoms. The highest BCUT2D eigenvalue weighted by Crippen LogP contribution is 2.26. The van der Waals surface area contributed by atoms with Crippen LogP contribution in [0.3, 0.4) is 0 Å². The molecule has 0 heterocycles. The first kappa shape index (κ1) is 14.7. The highest BCUT2D eigenvalue weighted by molar-refractivity contribution is 5.88. The van der Waals surface area contributed by atoms with Gasteiger partial charge in [0.05, 0.1) is 19.8 Å². The van der Waals surface area contributed by atoms with E-state index in [1.165, 1.54) is 0 Å². The number of hydrogen-bond acceptors (Lipinski definition) is 3. The molecule has 0 saturated heterocycles. The number of methoxy groups -OCH3 is 2. The van der Waals surface area contributed by atoms with Crippen molar-refractivity contribution in [2.75, 3.05) is 14.2 Å². The molecule has 0 amide bonds. The van der Waals surface area contributed by atoms with Crippen molar-refractivity contribution in [1.29, 1.82) is 0 Å². The van der Waals surface area contributed by atoms with Crippen molar-refractivity contribution in [1.82, 2.24) is 0 Å². The lowest BCUT2D eigenvalue weighted by Crippen LogP contribution is -1.94. The fourth-order valence-corrected chi connectivity index (χ4v) is 1.88. The van der Waals surface area contributed by atoms with E-state index in [-0.39, 0.29) is 5.56 Å². The van der Waals surface area contributed by atoms with Crippen LogP contribution in [0, 0.1) is 0 Å². The molecule has 0 fully saturated rings. The monoisotopic (exact) mass is 284 g/mol. The van der Waals surface area contributed by atoms with Crippen LogP contribution in [0.1, 0.15) is 21.5 Å². The second-order valence-corrected chi connectivity index (χ2v) is 4.37. The number of aromatic carboxylic acids is 1. The molecule has 0 radical (unpaired) electrons. The van der Waals surface area contributed by atoms with Crippen molar-refractivity contribution in [3.05, 3.63) is 59.2 Å². The third kappa shape index (κ3) is 3.63. The Kier molecular flexibility index (Phi) is 4.61. The first-order valence-corrected chi connectivity index (χ1v) is 6.37. The minimum atomic E-state index is -0.928. The predicted molar refractivity (Wildman–Crippen MR) is 81.9 cm³/mol. The summed E-state index contributed by atoms with van der Waals surface area (Å²) in [6.07, 6.45) is 3.81. The van der Waals surface area contributed by atoms with Gasteiger partial charge in [-0.2, -0.15) is 0 Å². The molecule has 1 N–H and O–H groups in total. The van der Waals surface area contributed by atoms with Gasteiger partial charge in [0.15, 0.2) is 0 Å². The topological polar surface area (TPSA) is 55.8 Å². The summed E-state index contributed by atoms with van der Waals surface area (Å²) in [7, 11) is 3.21. The smallest absolute Gasteiger partial charge is 0.335 e. The molecule has 0 aliphatic carbocycles. The van der Waals surface area contributed by atoms with Crippen molar-refractivity contribution in [2.24, 2.45) is 0 Å². The fourth-order valence-electron chi connectivity index (χ4n) is 1.88. The summed E-state index contributed by atoms with van der Waals surface area (Å²) in [5.41, 5.74) is 2.10. The van der Waals surface area contributed by atoms with E-state index in [4.69, 9.17) is 14.6 Å². The van der Waals surface area contributed by atoms with Crippen LogP contribution in [0.5, 0.6) is 11.5 Å². The number of carboxylic acid groups (broad SMARTS) is 1. The molecule has 108 valence electrons. The van der Waals surface area contributed by atoms with Gasteiger partial charge in [0, 0.05) is 11.6 Å². The second-order valence-electron chi connectivity index (χ2n) is 4.37. The Labute approximate surface area is 123 Å².